The van der Waals surface area contributed by atoms with Gasteiger partial charge in [-0.1, -0.05) is 26.7 Å². The summed E-state index contributed by atoms with van der Waals surface area (Å²) in [6.45, 7) is 7.44. The van der Waals surface area contributed by atoms with Crippen molar-refractivity contribution in [3.8, 4) is 0 Å². The fraction of sp³-hybridized carbons (Fsp3) is 1.00. The van der Waals surface area contributed by atoms with Crippen LogP contribution in [0.3, 0.4) is 0 Å². The molecule has 0 aliphatic rings. The topological polar surface area (TPSA) is 57.2 Å². The van der Waals surface area contributed by atoms with Gasteiger partial charge in [0.15, 0.2) is 0 Å². The molecule has 0 saturated heterocycles. The third-order valence-corrected chi connectivity index (χ3v) is 2.95. The Morgan fingerprint density at radius 3 is 1.56 bits per heavy atom. The predicted octanol–water partition coefficient (Wildman–Crippen LogP) is 2.87. The summed E-state index contributed by atoms with van der Waals surface area (Å²) in [7, 11) is -1.79. The van der Waals surface area contributed by atoms with E-state index >= 15 is 0 Å². The number of unbranched alkanes of at least 4 members (excludes halogenated alkanes) is 2. The van der Waals surface area contributed by atoms with Gasteiger partial charge in [0.1, 0.15) is 0 Å². The van der Waals surface area contributed by atoms with Crippen LogP contribution in [0.1, 0.15) is 39.5 Å². The molecule has 1 N–H and O–H groups in total. The van der Waals surface area contributed by atoms with Crippen molar-refractivity contribution in [3.63, 3.8) is 0 Å². The second-order valence-corrected chi connectivity index (χ2v) is 4.83. The molecule has 0 saturated carbocycles. The monoisotopic (exact) mass is 282 g/mol. The van der Waals surface area contributed by atoms with E-state index in [4.69, 9.17) is 18.5 Å². The molecule has 0 aromatic heterocycles. The Hall–Kier alpha value is 0.230. The predicted molar refractivity (Wildman–Crippen MR) is 72.5 cm³/mol. The van der Waals surface area contributed by atoms with Crippen LogP contribution in [0.2, 0.25) is 0 Å². The van der Waals surface area contributed by atoms with Crippen molar-refractivity contribution in [2.75, 3.05) is 39.6 Å². The summed E-state index contributed by atoms with van der Waals surface area (Å²) in [6, 6.07) is 0. The van der Waals surface area contributed by atoms with Crippen LogP contribution in [0, 0.1) is 0 Å². The molecule has 5 nitrogen and oxygen atoms in total. The zero-order chi connectivity index (χ0) is 13.5. The quantitative estimate of drug-likeness (QED) is 0.392. The highest BCUT2D eigenvalue weighted by Gasteiger charge is 2.05. The van der Waals surface area contributed by atoms with Gasteiger partial charge in [0, 0.05) is 13.2 Å². The molecule has 0 aliphatic carbocycles. The van der Waals surface area contributed by atoms with Gasteiger partial charge in [0.2, 0.25) is 0 Å². The van der Waals surface area contributed by atoms with E-state index in [2.05, 4.69) is 13.8 Å². The van der Waals surface area contributed by atoms with Gasteiger partial charge in [0.25, 0.3) is 0 Å². The summed E-state index contributed by atoms with van der Waals surface area (Å²) in [5.41, 5.74) is 0. The summed E-state index contributed by atoms with van der Waals surface area (Å²) >= 11 is 0. The second kappa shape index (κ2) is 15.3. The first-order valence-electron chi connectivity index (χ1n) is 6.71. The molecule has 0 amide bonds. The van der Waals surface area contributed by atoms with Gasteiger partial charge in [-0.3, -0.25) is 0 Å². The Morgan fingerprint density at radius 2 is 1.17 bits per heavy atom. The molecule has 18 heavy (non-hydrogen) atoms. The van der Waals surface area contributed by atoms with Crippen molar-refractivity contribution in [3.05, 3.63) is 0 Å². The van der Waals surface area contributed by atoms with Crippen LogP contribution in [0.4, 0.5) is 0 Å². The van der Waals surface area contributed by atoms with E-state index in [-0.39, 0.29) is 0 Å². The Bertz CT molecular complexity index is 143. The van der Waals surface area contributed by atoms with E-state index in [1.807, 2.05) is 0 Å². The average Bonchev–Trinajstić information content (AvgIpc) is 2.38. The number of hydrogen-bond donors (Lipinski definition) is 1. The first-order chi connectivity index (χ1) is 8.81. The van der Waals surface area contributed by atoms with E-state index in [9.17, 15) is 4.89 Å². The first kappa shape index (κ1) is 18.2. The Morgan fingerprint density at radius 1 is 0.722 bits per heavy atom. The van der Waals surface area contributed by atoms with Gasteiger partial charge in [-0.2, -0.15) is 0 Å². The molecule has 0 spiro atoms. The Kier molecular flexibility index (Phi) is 15.5. The van der Waals surface area contributed by atoms with E-state index in [1.54, 1.807) is 0 Å². The van der Waals surface area contributed by atoms with Crippen LogP contribution in [-0.4, -0.2) is 44.5 Å². The first-order valence-corrected chi connectivity index (χ1v) is 7.84. The minimum atomic E-state index is -1.79. The number of hydrogen-bond acceptors (Lipinski definition) is 5. The van der Waals surface area contributed by atoms with Crippen LogP contribution in [0.5, 0.6) is 0 Å². The lowest BCUT2D eigenvalue weighted by molar-refractivity contribution is 0.0716. The van der Waals surface area contributed by atoms with Crippen LogP contribution in [0.25, 0.3) is 0 Å². The van der Waals surface area contributed by atoms with Gasteiger partial charge in [-0.15, -0.1) is 0 Å². The molecule has 0 radical (unpaired) electrons. The van der Waals surface area contributed by atoms with E-state index in [0.29, 0.717) is 26.4 Å². The van der Waals surface area contributed by atoms with Crippen LogP contribution < -0.4 is 0 Å². The highest BCUT2D eigenvalue weighted by molar-refractivity contribution is 7.40. The standard InChI is InChI=1S/C12H27O5P/c1-3-5-7-14-9-11-16-18(13)17-12-10-15-8-6-4-2/h13H,3-12H2,1-2H3. The summed E-state index contributed by atoms with van der Waals surface area (Å²) in [5, 5.41) is 0. The Balaban J connectivity index is 3.10. The zero-order valence-corrected chi connectivity index (χ0v) is 12.5. The molecule has 0 aliphatic heterocycles. The average molecular weight is 282 g/mol. The SMILES string of the molecule is CCCCOCCOP(O)OCCOCCCC. The second-order valence-electron chi connectivity index (χ2n) is 3.84. The molecular formula is C12H27O5P. The third kappa shape index (κ3) is 14.3. The fourth-order valence-corrected chi connectivity index (χ4v) is 1.62. The molecule has 0 bridgehead atoms. The van der Waals surface area contributed by atoms with Gasteiger partial charge in [0.05, 0.1) is 26.4 Å². The molecule has 110 valence electrons. The van der Waals surface area contributed by atoms with Crippen molar-refractivity contribution in [2.24, 2.45) is 0 Å². The van der Waals surface area contributed by atoms with Gasteiger partial charge >= 0.3 is 8.60 Å². The van der Waals surface area contributed by atoms with Crippen molar-refractivity contribution in [1.29, 1.82) is 0 Å². The molecule has 0 rings (SSSR count). The van der Waals surface area contributed by atoms with Crippen molar-refractivity contribution < 1.29 is 23.4 Å². The van der Waals surface area contributed by atoms with Crippen molar-refractivity contribution in [1.82, 2.24) is 0 Å². The molecular weight excluding hydrogens is 255 g/mol. The van der Waals surface area contributed by atoms with Crippen LogP contribution in [0.15, 0.2) is 0 Å². The van der Waals surface area contributed by atoms with Crippen LogP contribution >= 0.6 is 8.60 Å². The Labute approximate surface area is 112 Å². The maximum absolute atomic E-state index is 9.36. The largest absolute Gasteiger partial charge is 0.379 e. The number of rotatable bonds is 14. The summed E-state index contributed by atoms with van der Waals surface area (Å²) in [5.74, 6) is 0. The summed E-state index contributed by atoms with van der Waals surface area (Å²) < 4.78 is 20.7. The molecule has 6 heteroatoms. The summed E-state index contributed by atoms with van der Waals surface area (Å²) in [6.07, 6.45) is 4.35. The normalized spacial score (nSPS) is 11.3. The maximum atomic E-state index is 9.36. The molecule has 0 aromatic carbocycles. The molecule has 0 atom stereocenters. The van der Waals surface area contributed by atoms with Crippen molar-refractivity contribution in [2.45, 2.75) is 39.5 Å². The highest BCUT2D eigenvalue weighted by atomic mass is 31.2. The minimum Gasteiger partial charge on any atom is -0.379 e. The number of ether oxygens (including phenoxy) is 2. The lowest BCUT2D eigenvalue weighted by atomic mass is 10.4. The lowest BCUT2D eigenvalue weighted by Gasteiger charge is -2.11. The highest BCUT2D eigenvalue weighted by Crippen LogP contribution is 2.31. The minimum absolute atomic E-state index is 0.364. The van der Waals surface area contributed by atoms with E-state index < -0.39 is 8.60 Å². The smallest absolute Gasteiger partial charge is 0.330 e. The molecule has 0 heterocycles. The van der Waals surface area contributed by atoms with Gasteiger partial charge in [-0.05, 0) is 12.8 Å². The van der Waals surface area contributed by atoms with Crippen molar-refractivity contribution >= 4 is 8.60 Å². The van der Waals surface area contributed by atoms with Gasteiger partial charge in [-0.25, -0.2) is 0 Å². The fourth-order valence-electron chi connectivity index (χ4n) is 1.08. The van der Waals surface area contributed by atoms with E-state index in [1.165, 1.54) is 0 Å². The molecule has 0 aromatic rings. The molecule has 0 unspecified atom stereocenters. The molecule has 0 fully saturated rings. The van der Waals surface area contributed by atoms with Gasteiger partial charge < -0.3 is 23.4 Å². The third-order valence-electron chi connectivity index (χ3n) is 2.14. The summed E-state index contributed by atoms with van der Waals surface area (Å²) in [4.78, 5) is 9.36. The lowest BCUT2D eigenvalue weighted by Crippen LogP contribution is -2.06. The van der Waals surface area contributed by atoms with Crippen LogP contribution in [-0.2, 0) is 18.5 Å². The zero-order valence-electron chi connectivity index (χ0n) is 11.6. The van der Waals surface area contributed by atoms with E-state index in [0.717, 1.165) is 38.9 Å². The maximum Gasteiger partial charge on any atom is 0.330 e.